The van der Waals surface area contributed by atoms with Crippen LogP contribution in [0.5, 0.6) is 0 Å². The van der Waals surface area contributed by atoms with Crippen molar-refractivity contribution >= 4 is 32.6 Å². The lowest BCUT2D eigenvalue weighted by Crippen LogP contribution is -2.36. The molecule has 0 bridgehead atoms. The first-order valence-corrected chi connectivity index (χ1v) is 4.48. The van der Waals surface area contributed by atoms with Crippen LogP contribution in [0.15, 0.2) is 22.7 Å². The second kappa shape index (κ2) is 4.35. The van der Waals surface area contributed by atoms with Gasteiger partial charge in [0.05, 0.1) is 25.6 Å². The predicted octanol–water partition coefficient (Wildman–Crippen LogP) is 2.40. The van der Waals surface area contributed by atoms with Gasteiger partial charge >= 0.3 is 0 Å². The SMILES string of the molecule is C[N+](C)(C)c1c(F)cccc1Br.[Si]. The minimum Gasteiger partial charge on any atom is -0.295 e. The molecule has 1 nitrogen and oxygen atoms in total. The molecule has 4 radical (unpaired) electrons. The number of hydrogen-bond acceptors (Lipinski definition) is 0. The fraction of sp³-hybridized carbons (Fsp3) is 0.333. The average Bonchev–Trinajstić information content (AvgIpc) is 1.82. The van der Waals surface area contributed by atoms with Crippen LogP contribution in [0.2, 0.25) is 0 Å². The lowest BCUT2D eigenvalue weighted by Gasteiger charge is -2.24. The second-order valence-electron chi connectivity index (χ2n) is 3.58. The zero-order valence-corrected chi connectivity index (χ0v) is 10.5. The van der Waals surface area contributed by atoms with Crippen LogP contribution >= 0.6 is 15.9 Å². The molecule has 0 aliphatic rings. The van der Waals surface area contributed by atoms with Crippen LogP contribution in [0.1, 0.15) is 0 Å². The predicted molar refractivity (Wildman–Crippen MR) is 59.4 cm³/mol. The smallest absolute Gasteiger partial charge is 0.185 e. The van der Waals surface area contributed by atoms with Gasteiger partial charge in [0.2, 0.25) is 0 Å². The van der Waals surface area contributed by atoms with E-state index in [1.807, 2.05) is 27.2 Å². The first kappa shape index (κ1) is 12.8. The van der Waals surface area contributed by atoms with E-state index in [1.54, 1.807) is 6.07 Å². The average molecular weight is 261 g/mol. The van der Waals surface area contributed by atoms with Gasteiger partial charge in [0.1, 0.15) is 0 Å². The Morgan fingerprint density at radius 1 is 1.23 bits per heavy atom. The number of halogens is 2. The van der Waals surface area contributed by atoms with Crippen molar-refractivity contribution in [2.24, 2.45) is 0 Å². The highest BCUT2D eigenvalue weighted by Gasteiger charge is 2.20. The molecule has 0 saturated heterocycles. The number of benzene rings is 1. The van der Waals surface area contributed by atoms with Crippen molar-refractivity contribution < 1.29 is 4.39 Å². The Hall–Kier alpha value is -0.193. The molecule has 0 aliphatic heterocycles. The van der Waals surface area contributed by atoms with Crippen molar-refractivity contribution in [3.8, 4) is 0 Å². The molecule has 0 aromatic heterocycles. The molecule has 1 aromatic carbocycles. The largest absolute Gasteiger partial charge is 0.295 e. The van der Waals surface area contributed by atoms with E-state index in [0.29, 0.717) is 10.2 Å². The molecule has 0 amide bonds. The molecule has 0 N–H and O–H groups in total. The molecular formula is C9H12BrFNSi+. The summed E-state index contributed by atoms with van der Waals surface area (Å²) in [5, 5.41) is 0. The zero-order chi connectivity index (χ0) is 9.35. The van der Waals surface area contributed by atoms with Crippen LogP contribution in [-0.2, 0) is 0 Å². The summed E-state index contributed by atoms with van der Waals surface area (Å²) < 4.78 is 14.6. The molecule has 0 heterocycles. The van der Waals surface area contributed by atoms with E-state index in [4.69, 9.17) is 0 Å². The molecule has 1 rings (SSSR count). The van der Waals surface area contributed by atoms with Gasteiger partial charge in [0.25, 0.3) is 0 Å². The Labute approximate surface area is 91.3 Å². The second-order valence-corrected chi connectivity index (χ2v) is 4.44. The lowest BCUT2D eigenvalue weighted by molar-refractivity contribution is 0.455. The van der Waals surface area contributed by atoms with Gasteiger partial charge in [-0.15, -0.1) is 0 Å². The van der Waals surface area contributed by atoms with Crippen LogP contribution in [0.3, 0.4) is 0 Å². The van der Waals surface area contributed by atoms with Gasteiger partial charge in [-0.05, 0) is 28.1 Å². The molecule has 4 heteroatoms. The highest BCUT2D eigenvalue weighted by molar-refractivity contribution is 9.10. The first-order valence-electron chi connectivity index (χ1n) is 3.69. The van der Waals surface area contributed by atoms with Crippen molar-refractivity contribution in [3.05, 3.63) is 28.5 Å². The quantitative estimate of drug-likeness (QED) is 0.538. The Morgan fingerprint density at radius 2 is 1.77 bits per heavy atom. The van der Waals surface area contributed by atoms with Gasteiger partial charge in [0, 0.05) is 11.0 Å². The number of rotatable bonds is 1. The summed E-state index contributed by atoms with van der Waals surface area (Å²) in [4.78, 5) is 0. The van der Waals surface area contributed by atoms with Gasteiger partial charge < -0.3 is 0 Å². The molecular weight excluding hydrogens is 249 g/mol. The van der Waals surface area contributed by atoms with Crippen molar-refractivity contribution in [2.75, 3.05) is 21.1 Å². The first-order chi connectivity index (χ1) is 5.43. The third-order valence-corrected chi connectivity index (χ3v) is 2.25. The highest BCUT2D eigenvalue weighted by Crippen LogP contribution is 2.30. The molecule has 0 unspecified atom stereocenters. The maximum Gasteiger partial charge on any atom is 0.185 e. The summed E-state index contributed by atoms with van der Waals surface area (Å²) in [5.74, 6) is -0.170. The molecule has 0 atom stereocenters. The van der Waals surface area contributed by atoms with Gasteiger partial charge in [-0.25, -0.2) is 4.39 Å². The van der Waals surface area contributed by atoms with Crippen molar-refractivity contribution in [2.45, 2.75) is 0 Å². The lowest BCUT2D eigenvalue weighted by atomic mass is 10.2. The van der Waals surface area contributed by atoms with E-state index >= 15 is 0 Å². The highest BCUT2D eigenvalue weighted by atomic mass is 79.9. The molecule has 1 aromatic rings. The number of hydrogen-bond donors (Lipinski definition) is 0. The van der Waals surface area contributed by atoms with Gasteiger partial charge in [-0.2, -0.15) is 0 Å². The summed E-state index contributed by atoms with van der Waals surface area (Å²) in [6, 6.07) is 5.02. The fourth-order valence-corrected chi connectivity index (χ4v) is 2.00. The van der Waals surface area contributed by atoms with E-state index in [2.05, 4.69) is 15.9 Å². The van der Waals surface area contributed by atoms with E-state index in [9.17, 15) is 4.39 Å². The van der Waals surface area contributed by atoms with Crippen LogP contribution in [0.4, 0.5) is 10.1 Å². The Balaban J connectivity index is 0.00000144. The normalized spacial score (nSPS) is 10.8. The summed E-state index contributed by atoms with van der Waals surface area (Å²) in [7, 11) is 5.80. The maximum absolute atomic E-state index is 13.3. The van der Waals surface area contributed by atoms with Crippen LogP contribution in [0, 0.1) is 5.82 Å². The van der Waals surface area contributed by atoms with E-state index in [1.165, 1.54) is 6.07 Å². The molecule has 0 fully saturated rings. The summed E-state index contributed by atoms with van der Waals surface area (Å²) in [6.45, 7) is 0. The fourth-order valence-electron chi connectivity index (χ4n) is 1.13. The summed E-state index contributed by atoms with van der Waals surface area (Å²) >= 11 is 3.33. The van der Waals surface area contributed by atoms with Gasteiger partial charge in [0.15, 0.2) is 11.5 Å². The maximum atomic E-state index is 13.3. The molecule has 0 aliphatic carbocycles. The number of nitrogens with zero attached hydrogens (tertiary/aromatic N) is 1. The number of quaternary nitrogens is 1. The summed E-state index contributed by atoms with van der Waals surface area (Å²) in [6.07, 6.45) is 0. The van der Waals surface area contributed by atoms with E-state index in [0.717, 1.165) is 4.47 Å². The Bertz CT molecular complexity index is 276. The minimum absolute atomic E-state index is 0. The zero-order valence-electron chi connectivity index (χ0n) is 7.94. The molecule has 0 saturated carbocycles. The minimum atomic E-state index is -0.170. The summed E-state index contributed by atoms with van der Waals surface area (Å²) in [5.41, 5.74) is 0.678. The van der Waals surface area contributed by atoms with Gasteiger partial charge in [-0.1, -0.05) is 6.07 Å². The van der Waals surface area contributed by atoms with Crippen LogP contribution in [-0.4, -0.2) is 32.1 Å². The third-order valence-electron chi connectivity index (χ3n) is 1.61. The topological polar surface area (TPSA) is 0 Å². The van der Waals surface area contributed by atoms with E-state index in [-0.39, 0.29) is 16.8 Å². The number of para-hydroxylation sites is 1. The molecule has 70 valence electrons. The van der Waals surface area contributed by atoms with Crippen LogP contribution in [0.25, 0.3) is 0 Å². The van der Waals surface area contributed by atoms with E-state index < -0.39 is 0 Å². The molecule has 13 heavy (non-hydrogen) atoms. The van der Waals surface area contributed by atoms with Crippen LogP contribution < -0.4 is 4.48 Å². The van der Waals surface area contributed by atoms with Crippen molar-refractivity contribution in [1.29, 1.82) is 0 Å². The Kier molecular flexibility index (Phi) is 4.28. The van der Waals surface area contributed by atoms with Crippen molar-refractivity contribution in [3.63, 3.8) is 0 Å². The molecule has 0 spiro atoms. The van der Waals surface area contributed by atoms with Gasteiger partial charge in [-0.3, -0.25) is 4.48 Å². The monoisotopic (exact) mass is 260 g/mol. The third kappa shape index (κ3) is 2.89. The Morgan fingerprint density at radius 3 is 2.08 bits per heavy atom. The standard InChI is InChI=1S/C9H12BrFN.Si/c1-12(2,3)9-7(10)5-4-6-8(9)11;/h4-6H,1-3H3;/q+1;. The van der Waals surface area contributed by atoms with Crippen molar-refractivity contribution in [1.82, 2.24) is 4.48 Å².